The average Bonchev–Trinajstić information content (AvgIpc) is 2.69. The van der Waals surface area contributed by atoms with E-state index in [0.717, 1.165) is 0 Å². The van der Waals surface area contributed by atoms with E-state index in [2.05, 4.69) is 41.1 Å². The summed E-state index contributed by atoms with van der Waals surface area (Å²) in [6, 6.07) is 10.8. The summed E-state index contributed by atoms with van der Waals surface area (Å²) < 4.78 is 0. The monoisotopic (exact) mass is 211 g/mol. The van der Waals surface area contributed by atoms with Crippen molar-refractivity contribution in [3.05, 3.63) is 35.9 Å². The van der Waals surface area contributed by atoms with E-state index in [1.54, 1.807) is 0 Å². The Balaban J connectivity index is 1.79. The highest BCUT2D eigenvalue weighted by molar-refractivity contribution is 8.73. The molecule has 1 fully saturated rings. The van der Waals surface area contributed by atoms with Crippen LogP contribution in [0.2, 0.25) is 0 Å². The maximum Gasteiger partial charge on any atom is 0.120 e. The minimum Gasteiger partial charge on any atom is -0.0622 e. The van der Waals surface area contributed by atoms with Crippen molar-refractivity contribution in [3.63, 3.8) is 0 Å². The lowest BCUT2D eigenvalue weighted by molar-refractivity contribution is 0.949. The van der Waals surface area contributed by atoms with E-state index in [0.29, 0.717) is 9.93 Å². The maximum absolute atomic E-state index is 2.23. The van der Waals surface area contributed by atoms with Crippen molar-refractivity contribution in [2.75, 3.05) is 11.5 Å². The SMILES string of the molecule is c1ccc(CS[S+]2CCCC2)cc1. The van der Waals surface area contributed by atoms with Gasteiger partial charge in [-0.15, -0.1) is 0 Å². The van der Waals surface area contributed by atoms with Crippen LogP contribution in [0.4, 0.5) is 0 Å². The molecule has 1 aromatic rings. The summed E-state index contributed by atoms with van der Waals surface area (Å²) in [5.74, 6) is 4.15. The molecule has 1 aromatic carbocycles. The Kier molecular flexibility index (Phi) is 3.62. The molecule has 0 aromatic heterocycles. The Bertz CT molecular complexity index is 240. The smallest absolute Gasteiger partial charge is 0.0622 e. The van der Waals surface area contributed by atoms with Gasteiger partial charge in [-0.25, -0.2) is 0 Å². The van der Waals surface area contributed by atoms with Crippen LogP contribution in [0, 0.1) is 0 Å². The van der Waals surface area contributed by atoms with Crippen LogP contribution in [-0.4, -0.2) is 11.5 Å². The van der Waals surface area contributed by atoms with Gasteiger partial charge < -0.3 is 0 Å². The molecule has 1 saturated heterocycles. The van der Waals surface area contributed by atoms with Crippen LogP contribution >= 0.6 is 10.8 Å². The summed E-state index contributed by atoms with van der Waals surface area (Å²) in [6.07, 6.45) is 2.93. The summed E-state index contributed by atoms with van der Waals surface area (Å²) in [5, 5.41) is 0. The predicted octanol–water partition coefficient (Wildman–Crippen LogP) is 3.25. The van der Waals surface area contributed by atoms with Crippen molar-refractivity contribution in [2.45, 2.75) is 18.6 Å². The normalized spacial score (nSPS) is 17.8. The Morgan fingerprint density at radius 1 is 1.08 bits per heavy atom. The fourth-order valence-corrected chi connectivity index (χ4v) is 5.78. The number of rotatable bonds is 3. The molecule has 0 atom stereocenters. The van der Waals surface area contributed by atoms with Crippen LogP contribution in [0.25, 0.3) is 0 Å². The second-order valence-corrected chi connectivity index (χ2v) is 7.64. The highest BCUT2D eigenvalue weighted by atomic mass is 33.1. The lowest BCUT2D eigenvalue weighted by Gasteiger charge is -1.98. The third kappa shape index (κ3) is 2.96. The van der Waals surface area contributed by atoms with Gasteiger partial charge in [-0.05, 0) is 18.4 Å². The second-order valence-electron chi connectivity index (χ2n) is 3.30. The van der Waals surface area contributed by atoms with Crippen LogP contribution in [-0.2, 0) is 15.7 Å². The van der Waals surface area contributed by atoms with Crippen molar-refractivity contribution >= 4 is 20.7 Å². The van der Waals surface area contributed by atoms with Gasteiger partial charge in [0.25, 0.3) is 0 Å². The van der Waals surface area contributed by atoms with E-state index in [9.17, 15) is 0 Å². The van der Waals surface area contributed by atoms with Gasteiger partial charge in [0.1, 0.15) is 11.5 Å². The Hall–Kier alpha value is -0.0800. The third-order valence-corrected chi connectivity index (χ3v) is 6.86. The second kappa shape index (κ2) is 4.97. The van der Waals surface area contributed by atoms with Crippen molar-refractivity contribution < 1.29 is 0 Å². The first kappa shape index (κ1) is 9.47. The lowest BCUT2D eigenvalue weighted by atomic mass is 10.2. The van der Waals surface area contributed by atoms with E-state index in [-0.39, 0.29) is 0 Å². The van der Waals surface area contributed by atoms with Crippen LogP contribution in [0.3, 0.4) is 0 Å². The molecule has 1 heterocycles. The molecule has 13 heavy (non-hydrogen) atoms. The minimum absolute atomic E-state index is 0.689. The zero-order valence-electron chi connectivity index (χ0n) is 7.74. The fourth-order valence-electron chi connectivity index (χ4n) is 1.47. The molecule has 0 unspecified atom stereocenters. The first-order valence-corrected chi connectivity index (χ1v) is 7.86. The molecule has 1 aliphatic heterocycles. The van der Waals surface area contributed by atoms with Crippen molar-refractivity contribution in [3.8, 4) is 0 Å². The molecule has 0 amide bonds. The van der Waals surface area contributed by atoms with Gasteiger partial charge in [0.15, 0.2) is 0 Å². The Morgan fingerprint density at radius 3 is 2.46 bits per heavy atom. The van der Waals surface area contributed by atoms with Gasteiger partial charge in [0, 0.05) is 0 Å². The average molecular weight is 211 g/mol. The molecule has 0 spiro atoms. The molecule has 0 bridgehead atoms. The van der Waals surface area contributed by atoms with Gasteiger partial charge in [-0.2, -0.15) is 0 Å². The van der Waals surface area contributed by atoms with Gasteiger partial charge in [-0.1, -0.05) is 30.3 Å². The summed E-state index contributed by atoms with van der Waals surface area (Å²) in [4.78, 5) is 0. The van der Waals surface area contributed by atoms with Crippen LogP contribution in [0.1, 0.15) is 18.4 Å². The molecule has 0 saturated carbocycles. The van der Waals surface area contributed by atoms with E-state index in [1.165, 1.54) is 35.7 Å². The molecule has 70 valence electrons. The summed E-state index contributed by atoms with van der Waals surface area (Å²) >= 11 is 0. The first-order chi connectivity index (χ1) is 6.45. The van der Waals surface area contributed by atoms with Gasteiger partial charge in [0.05, 0.1) is 26.5 Å². The Labute approximate surface area is 86.9 Å². The van der Waals surface area contributed by atoms with Crippen molar-refractivity contribution in [1.29, 1.82) is 0 Å². The highest BCUT2D eigenvalue weighted by Crippen LogP contribution is 2.28. The summed E-state index contributed by atoms with van der Waals surface area (Å²) in [5.41, 5.74) is 1.48. The van der Waals surface area contributed by atoms with Crippen molar-refractivity contribution in [2.24, 2.45) is 0 Å². The van der Waals surface area contributed by atoms with Crippen molar-refractivity contribution in [1.82, 2.24) is 0 Å². The molecule has 0 aliphatic carbocycles. The third-order valence-electron chi connectivity index (χ3n) is 2.23. The van der Waals surface area contributed by atoms with Gasteiger partial charge >= 0.3 is 0 Å². The molecule has 0 radical (unpaired) electrons. The topological polar surface area (TPSA) is 0 Å². The quantitative estimate of drug-likeness (QED) is 0.546. The van der Waals surface area contributed by atoms with Crippen LogP contribution in [0.5, 0.6) is 0 Å². The summed E-state index contributed by atoms with van der Waals surface area (Å²) in [7, 11) is 2.85. The molecule has 0 nitrogen and oxygen atoms in total. The molecule has 1 aliphatic rings. The van der Waals surface area contributed by atoms with Gasteiger partial charge in [0.2, 0.25) is 0 Å². The predicted molar refractivity (Wildman–Crippen MR) is 64.1 cm³/mol. The van der Waals surface area contributed by atoms with Crippen LogP contribution < -0.4 is 0 Å². The summed E-state index contributed by atoms with van der Waals surface area (Å²) in [6.45, 7) is 0. The Morgan fingerprint density at radius 2 is 1.77 bits per heavy atom. The molecule has 2 rings (SSSR count). The standard InChI is InChI=1S/C11H15S2/c1-2-6-11(7-3-1)10-12-13-8-4-5-9-13/h1-3,6-7H,4-5,8-10H2/q+1. The molecular weight excluding hydrogens is 196 g/mol. The fraction of sp³-hybridized carbons (Fsp3) is 0.455. The van der Waals surface area contributed by atoms with E-state index in [4.69, 9.17) is 0 Å². The number of benzene rings is 1. The van der Waals surface area contributed by atoms with E-state index >= 15 is 0 Å². The zero-order chi connectivity index (χ0) is 8.93. The highest BCUT2D eigenvalue weighted by Gasteiger charge is 2.25. The number of hydrogen-bond donors (Lipinski definition) is 0. The van der Waals surface area contributed by atoms with E-state index < -0.39 is 0 Å². The first-order valence-electron chi connectivity index (χ1n) is 4.80. The van der Waals surface area contributed by atoms with E-state index in [1.807, 2.05) is 0 Å². The molecule has 2 heteroatoms. The largest absolute Gasteiger partial charge is 0.120 e. The molecular formula is C11H15S2+. The minimum atomic E-state index is 0.689. The number of hydrogen-bond acceptors (Lipinski definition) is 1. The molecule has 0 N–H and O–H groups in total. The zero-order valence-corrected chi connectivity index (χ0v) is 9.37. The lowest BCUT2D eigenvalue weighted by Crippen LogP contribution is -1.96. The maximum atomic E-state index is 2.23. The van der Waals surface area contributed by atoms with Crippen LogP contribution in [0.15, 0.2) is 30.3 Å². The van der Waals surface area contributed by atoms with Gasteiger partial charge in [-0.3, -0.25) is 0 Å².